The van der Waals surface area contributed by atoms with Crippen molar-refractivity contribution in [2.75, 3.05) is 32.7 Å². The summed E-state index contributed by atoms with van der Waals surface area (Å²) in [6.45, 7) is 8.18. The van der Waals surface area contributed by atoms with Crippen LogP contribution in [0.3, 0.4) is 0 Å². The van der Waals surface area contributed by atoms with Crippen molar-refractivity contribution < 1.29 is 9.59 Å². The molecule has 4 rings (SSSR count). The predicted octanol–water partition coefficient (Wildman–Crippen LogP) is 2.10. The Morgan fingerprint density at radius 3 is 2.04 bits per heavy atom. The average molecular weight is 365 g/mol. The highest BCUT2D eigenvalue weighted by molar-refractivity contribution is 5.78. The van der Waals surface area contributed by atoms with Crippen molar-refractivity contribution in [3.8, 4) is 0 Å². The maximum Gasteiger partial charge on any atom is 0.315 e. The number of amides is 3. The lowest BCUT2D eigenvalue weighted by Crippen LogP contribution is -2.61. The van der Waals surface area contributed by atoms with Crippen LogP contribution in [0.4, 0.5) is 4.79 Å². The average Bonchev–Trinajstić information content (AvgIpc) is 2.57. The van der Waals surface area contributed by atoms with Gasteiger partial charge in [0.15, 0.2) is 0 Å². The van der Waals surface area contributed by atoms with E-state index in [-0.39, 0.29) is 17.5 Å². The number of nitrogens with one attached hydrogen (secondary N) is 3. The van der Waals surface area contributed by atoms with E-state index in [9.17, 15) is 9.59 Å². The quantitative estimate of drug-likeness (QED) is 0.587. The largest absolute Gasteiger partial charge is 0.355 e. The third-order valence-corrected chi connectivity index (χ3v) is 6.70. The van der Waals surface area contributed by atoms with E-state index in [1.54, 1.807) is 0 Å². The van der Waals surface area contributed by atoms with Crippen LogP contribution in [0, 0.1) is 17.8 Å². The molecule has 4 saturated carbocycles. The summed E-state index contributed by atoms with van der Waals surface area (Å²) in [7, 11) is 0. The van der Waals surface area contributed by atoms with Crippen molar-refractivity contribution in [2.45, 2.75) is 64.3 Å². The van der Waals surface area contributed by atoms with Crippen molar-refractivity contribution in [2.24, 2.45) is 17.8 Å². The van der Waals surface area contributed by atoms with E-state index in [0.29, 0.717) is 19.5 Å². The third kappa shape index (κ3) is 4.90. The zero-order valence-electron chi connectivity index (χ0n) is 16.5. The van der Waals surface area contributed by atoms with Gasteiger partial charge in [0, 0.05) is 31.6 Å². The summed E-state index contributed by atoms with van der Waals surface area (Å²) in [5.74, 6) is 2.46. The first-order chi connectivity index (χ1) is 12.5. The van der Waals surface area contributed by atoms with Gasteiger partial charge in [-0.2, -0.15) is 0 Å². The number of nitrogens with zero attached hydrogens (tertiary/aromatic N) is 1. The Kier molecular flexibility index (Phi) is 6.43. The van der Waals surface area contributed by atoms with Crippen LogP contribution < -0.4 is 16.0 Å². The summed E-state index contributed by atoms with van der Waals surface area (Å²) in [6, 6.07) is -0.0945. The molecule has 0 aromatic heterocycles. The SMILES string of the molecule is CCN(CC)CCNC(=O)CCNC(=O)NC12CC3CC(CC(C3)C1)C2. The Labute approximate surface area is 157 Å². The van der Waals surface area contributed by atoms with Gasteiger partial charge < -0.3 is 20.9 Å². The summed E-state index contributed by atoms with van der Waals surface area (Å²) >= 11 is 0. The first-order valence-corrected chi connectivity index (χ1v) is 10.6. The Bertz CT molecular complexity index is 469. The van der Waals surface area contributed by atoms with Gasteiger partial charge in [-0.15, -0.1) is 0 Å². The van der Waals surface area contributed by atoms with Crippen molar-refractivity contribution in [3.63, 3.8) is 0 Å². The van der Waals surface area contributed by atoms with Gasteiger partial charge in [-0.3, -0.25) is 4.79 Å². The fourth-order valence-corrected chi connectivity index (χ4v) is 5.82. The molecule has 0 heterocycles. The summed E-state index contributed by atoms with van der Waals surface area (Å²) < 4.78 is 0. The Balaban J connectivity index is 1.31. The monoisotopic (exact) mass is 364 g/mol. The fraction of sp³-hybridized carbons (Fsp3) is 0.900. The normalized spacial score (nSPS) is 31.9. The van der Waals surface area contributed by atoms with Gasteiger partial charge in [-0.25, -0.2) is 4.79 Å². The molecule has 0 radical (unpaired) electrons. The molecule has 148 valence electrons. The number of urea groups is 1. The number of hydrogen-bond acceptors (Lipinski definition) is 3. The molecule has 0 aliphatic heterocycles. The first-order valence-electron chi connectivity index (χ1n) is 10.6. The van der Waals surface area contributed by atoms with E-state index >= 15 is 0 Å². The van der Waals surface area contributed by atoms with Crippen LogP contribution in [0.2, 0.25) is 0 Å². The smallest absolute Gasteiger partial charge is 0.315 e. The summed E-state index contributed by atoms with van der Waals surface area (Å²) in [5.41, 5.74) is 0.0326. The summed E-state index contributed by atoms with van der Waals surface area (Å²) in [6.07, 6.45) is 7.91. The van der Waals surface area contributed by atoms with E-state index in [1.807, 2.05) is 0 Å². The molecule has 0 spiro atoms. The number of hydrogen-bond donors (Lipinski definition) is 3. The molecule has 4 bridgehead atoms. The maximum atomic E-state index is 12.3. The molecule has 0 atom stereocenters. The van der Waals surface area contributed by atoms with Gasteiger partial charge in [-0.05, 0) is 69.4 Å². The van der Waals surface area contributed by atoms with Gasteiger partial charge in [-0.1, -0.05) is 13.8 Å². The molecule has 4 fully saturated rings. The topological polar surface area (TPSA) is 73.5 Å². The highest BCUT2D eigenvalue weighted by Gasteiger charge is 2.51. The fourth-order valence-electron chi connectivity index (χ4n) is 5.82. The van der Waals surface area contributed by atoms with Crippen LogP contribution in [-0.4, -0.2) is 55.1 Å². The van der Waals surface area contributed by atoms with E-state index in [4.69, 9.17) is 0 Å². The van der Waals surface area contributed by atoms with Gasteiger partial charge in [0.25, 0.3) is 0 Å². The molecule has 4 aliphatic rings. The van der Waals surface area contributed by atoms with Gasteiger partial charge >= 0.3 is 6.03 Å². The molecular formula is C20H36N4O2. The molecule has 6 heteroatoms. The van der Waals surface area contributed by atoms with Crippen LogP contribution in [0.5, 0.6) is 0 Å². The number of likely N-dealkylation sites (N-methyl/N-ethyl adjacent to an activating group) is 1. The van der Waals surface area contributed by atoms with Crippen LogP contribution in [0.1, 0.15) is 58.8 Å². The number of carbonyl (C=O) groups is 2. The minimum atomic E-state index is -0.0945. The molecular weight excluding hydrogens is 328 g/mol. The van der Waals surface area contributed by atoms with E-state index in [1.165, 1.54) is 19.3 Å². The molecule has 6 nitrogen and oxygen atoms in total. The van der Waals surface area contributed by atoms with Crippen LogP contribution in [0.25, 0.3) is 0 Å². The molecule has 0 aromatic rings. The molecule has 26 heavy (non-hydrogen) atoms. The molecule has 4 aliphatic carbocycles. The van der Waals surface area contributed by atoms with Crippen LogP contribution in [0.15, 0.2) is 0 Å². The summed E-state index contributed by atoms with van der Waals surface area (Å²) in [5, 5.41) is 9.10. The lowest BCUT2D eigenvalue weighted by atomic mass is 9.53. The van der Waals surface area contributed by atoms with Crippen molar-refractivity contribution in [3.05, 3.63) is 0 Å². The van der Waals surface area contributed by atoms with E-state index < -0.39 is 0 Å². The molecule has 0 unspecified atom stereocenters. The zero-order valence-corrected chi connectivity index (χ0v) is 16.5. The van der Waals surface area contributed by atoms with Crippen LogP contribution >= 0.6 is 0 Å². The van der Waals surface area contributed by atoms with Gasteiger partial charge in [0.2, 0.25) is 5.91 Å². The maximum absolute atomic E-state index is 12.3. The first kappa shape index (κ1) is 19.5. The number of rotatable bonds is 9. The second-order valence-electron chi connectivity index (χ2n) is 8.71. The van der Waals surface area contributed by atoms with Gasteiger partial charge in [0.05, 0.1) is 0 Å². The second kappa shape index (κ2) is 8.59. The molecule has 3 N–H and O–H groups in total. The standard InChI is InChI=1S/C20H36N4O2/c1-3-24(4-2)8-7-21-18(25)5-6-22-19(26)23-20-12-15-9-16(13-20)11-17(10-15)14-20/h15-17H,3-14H2,1-2H3,(H,21,25)(H2,22,23,26). The summed E-state index contributed by atoms with van der Waals surface area (Å²) in [4.78, 5) is 26.5. The minimum absolute atomic E-state index is 0.00672. The molecule has 0 saturated heterocycles. The van der Waals surface area contributed by atoms with Crippen molar-refractivity contribution in [1.29, 1.82) is 0 Å². The van der Waals surface area contributed by atoms with E-state index in [0.717, 1.165) is 56.7 Å². The molecule has 0 aromatic carbocycles. The van der Waals surface area contributed by atoms with Crippen LogP contribution in [-0.2, 0) is 4.79 Å². The Hall–Kier alpha value is -1.30. The number of carbonyl (C=O) groups excluding carboxylic acids is 2. The lowest BCUT2D eigenvalue weighted by molar-refractivity contribution is -0.121. The minimum Gasteiger partial charge on any atom is -0.355 e. The van der Waals surface area contributed by atoms with Crippen molar-refractivity contribution >= 4 is 11.9 Å². The highest BCUT2D eigenvalue weighted by Crippen LogP contribution is 2.55. The van der Waals surface area contributed by atoms with E-state index in [2.05, 4.69) is 34.7 Å². The zero-order chi connectivity index (χ0) is 18.6. The van der Waals surface area contributed by atoms with Gasteiger partial charge in [0.1, 0.15) is 0 Å². The Morgan fingerprint density at radius 2 is 1.50 bits per heavy atom. The van der Waals surface area contributed by atoms with Crippen molar-refractivity contribution in [1.82, 2.24) is 20.9 Å². The lowest BCUT2D eigenvalue weighted by Gasteiger charge is -2.56. The second-order valence-corrected chi connectivity index (χ2v) is 8.71. The third-order valence-electron chi connectivity index (χ3n) is 6.70. The molecule has 3 amide bonds. The highest BCUT2D eigenvalue weighted by atomic mass is 16.2. The predicted molar refractivity (Wildman–Crippen MR) is 103 cm³/mol. The Morgan fingerprint density at radius 1 is 0.923 bits per heavy atom.